The highest BCUT2D eigenvalue weighted by molar-refractivity contribution is 5.95. The van der Waals surface area contributed by atoms with Crippen LogP contribution in [0, 0.1) is 6.92 Å². The van der Waals surface area contributed by atoms with E-state index in [2.05, 4.69) is 12.1 Å². The summed E-state index contributed by atoms with van der Waals surface area (Å²) < 4.78 is 5.02. The lowest BCUT2D eigenvalue weighted by atomic mass is 9.95. The molecule has 7 heteroatoms. The number of rotatable bonds is 7. The van der Waals surface area contributed by atoms with Crippen molar-refractivity contribution in [2.45, 2.75) is 51.4 Å². The minimum atomic E-state index is 0.00426. The molecule has 0 bridgehead atoms. The van der Waals surface area contributed by atoms with E-state index in [1.54, 1.807) is 7.11 Å². The van der Waals surface area contributed by atoms with Gasteiger partial charge in [-0.15, -0.1) is 0 Å². The van der Waals surface area contributed by atoms with Crippen molar-refractivity contribution in [3.05, 3.63) is 53.0 Å². The first-order valence-electron chi connectivity index (χ1n) is 11.5. The Morgan fingerprint density at radius 3 is 2.78 bits per heavy atom. The van der Waals surface area contributed by atoms with Crippen LogP contribution in [-0.4, -0.2) is 60.0 Å². The van der Waals surface area contributed by atoms with Gasteiger partial charge in [0, 0.05) is 50.3 Å². The van der Waals surface area contributed by atoms with E-state index < -0.39 is 0 Å². The molecule has 2 aliphatic heterocycles. The highest BCUT2D eigenvalue weighted by Gasteiger charge is 2.31. The molecule has 0 radical (unpaired) electrons. The Morgan fingerprint density at radius 2 is 2.00 bits per heavy atom. The first-order chi connectivity index (χ1) is 15.6. The maximum atomic E-state index is 12.8. The molecule has 2 aromatic rings. The van der Waals surface area contributed by atoms with Crippen LogP contribution in [0.25, 0.3) is 0 Å². The fraction of sp³-hybridized carbons (Fsp3) is 0.520. The normalized spacial score (nSPS) is 18.6. The van der Waals surface area contributed by atoms with Gasteiger partial charge in [0.15, 0.2) is 0 Å². The molecule has 1 aromatic heterocycles. The van der Waals surface area contributed by atoms with E-state index in [-0.39, 0.29) is 24.3 Å². The van der Waals surface area contributed by atoms with Crippen LogP contribution < -0.4 is 4.90 Å². The molecule has 1 aromatic carbocycles. The van der Waals surface area contributed by atoms with Gasteiger partial charge in [-0.2, -0.15) is 0 Å². The number of benzene rings is 1. The second-order valence-electron chi connectivity index (χ2n) is 8.72. The number of aryl methyl sites for hydroxylation is 2. The lowest BCUT2D eigenvalue weighted by molar-refractivity contribution is -0.136. The molecule has 4 rings (SSSR count). The fourth-order valence-corrected chi connectivity index (χ4v) is 4.73. The largest absolute Gasteiger partial charge is 0.375 e. The number of nitrogens with zero attached hydrogens (tertiary/aromatic N) is 4. The topological polar surface area (TPSA) is 75.6 Å². The van der Waals surface area contributed by atoms with E-state index in [4.69, 9.17) is 14.7 Å². The molecule has 32 heavy (non-hydrogen) atoms. The standard InChI is InChI=1S/C25H32N4O3/c1-18-21-12-13-22(30)29(15-6-10-19-8-4-3-5-9-19)25(21)27-24(26-18)20-11-7-14-28(16-20)23(31)17-32-2/h3-5,8-9,20H,6-7,10-17H2,1-2H3/t20-/m0/s1. The molecule has 170 valence electrons. The summed E-state index contributed by atoms with van der Waals surface area (Å²) in [6, 6.07) is 10.4. The zero-order valence-electron chi connectivity index (χ0n) is 19.0. The van der Waals surface area contributed by atoms with Crippen molar-refractivity contribution < 1.29 is 14.3 Å². The Kier molecular flexibility index (Phi) is 7.15. The Balaban J connectivity index is 1.52. The molecule has 3 heterocycles. The number of carbonyl (C=O) groups excluding carboxylic acids is 2. The summed E-state index contributed by atoms with van der Waals surface area (Å²) in [4.78, 5) is 38.6. The molecule has 1 atom stereocenters. The number of likely N-dealkylation sites (tertiary alicyclic amines) is 1. The second-order valence-corrected chi connectivity index (χ2v) is 8.72. The van der Waals surface area contributed by atoms with Crippen LogP contribution >= 0.6 is 0 Å². The molecule has 2 amide bonds. The number of hydrogen-bond donors (Lipinski definition) is 0. The van der Waals surface area contributed by atoms with Gasteiger partial charge in [0.1, 0.15) is 18.2 Å². The number of amides is 2. The maximum Gasteiger partial charge on any atom is 0.248 e. The van der Waals surface area contributed by atoms with Crippen LogP contribution in [0.1, 0.15) is 54.2 Å². The van der Waals surface area contributed by atoms with Gasteiger partial charge >= 0.3 is 0 Å². The summed E-state index contributed by atoms with van der Waals surface area (Å²) >= 11 is 0. The van der Waals surface area contributed by atoms with Gasteiger partial charge in [0.2, 0.25) is 11.8 Å². The zero-order valence-corrected chi connectivity index (χ0v) is 19.0. The van der Waals surface area contributed by atoms with Crippen LogP contribution in [0.5, 0.6) is 0 Å². The summed E-state index contributed by atoms with van der Waals surface area (Å²) in [6.07, 6.45) is 4.87. The average molecular weight is 437 g/mol. The predicted octanol–water partition coefficient (Wildman–Crippen LogP) is 3.05. The number of piperidine rings is 1. The molecule has 0 saturated carbocycles. The summed E-state index contributed by atoms with van der Waals surface area (Å²) in [7, 11) is 1.54. The predicted molar refractivity (Wildman–Crippen MR) is 123 cm³/mol. The number of aromatic nitrogens is 2. The average Bonchev–Trinajstić information content (AvgIpc) is 2.81. The number of carbonyl (C=O) groups is 2. The van der Waals surface area contributed by atoms with Gasteiger partial charge in [0.05, 0.1) is 0 Å². The van der Waals surface area contributed by atoms with E-state index >= 15 is 0 Å². The van der Waals surface area contributed by atoms with E-state index in [0.29, 0.717) is 25.9 Å². The minimum absolute atomic E-state index is 0.00426. The Hall–Kier alpha value is -2.80. The van der Waals surface area contributed by atoms with Crippen LogP contribution in [0.4, 0.5) is 5.82 Å². The van der Waals surface area contributed by atoms with Gasteiger partial charge in [-0.25, -0.2) is 9.97 Å². The van der Waals surface area contributed by atoms with Crippen molar-refractivity contribution in [2.75, 3.05) is 38.3 Å². The van der Waals surface area contributed by atoms with Crippen LogP contribution in [-0.2, 0) is 27.2 Å². The van der Waals surface area contributed by atoms with Crippen molar-refractivity contribution in [3.63, 3.8) is 0 Å². The molecule has 1 fully saturated rings. The van der Waals surface area contributed by atoms with Gasteiger partial charge < -0.3 is 9.64 Å². The van der Waals surface area contributed by atoms with Gasteiger partial charge in [-0.3, -0.25) is 14.5 Å². The van der Waals surface area contributed by atoms with E-state index in [1.165, 1.54) is 5.56 Å². The number of ether oxygens (including phenoxy) is 1. The Bertz CT molecular complexity index is 963. The first kappa shape index (κ1) is 22.4. The van der Waals surface area contributed by atoms with Crippen molar-refractivity contribution >= 4 is 17.6 Å². The molecule has 0 spiro atoms. The third-order valence-corrected chi connectivity index (χ3v) is 6.45. The van der Waals surface area contributed by atoms with E-state index in [1.807, 2.05) is 34.9 Å². The highest BCUT2D eigenvalue weighted by Crippen LogP contribution is 2.32. The van der Waals surface area contributed by atoms with Crippen molar-refractivity contribution in [1.82, 2.24) is 14.9 Å². The quantitative estimate of drug-likeness (QED) is 0.667. The number of hydrogen-bond acceptors (Lipinski definition) is 5. The van der Waals surface area contributed by atoms with Gasteiger partial charge in [-0.05, 0) is 44.6 Å². The van der Waals surface area contributed by atoms with E-state index in [9.17, 15) is 9.59 Å². The first-order valence-corrected chi connectivity index (χ1v) is 11.5. The van der Waals surface area contributed by atoms with Gasteiger partial charge in [0.25, 0.3) is 0 Å². The minimum Gasteiger partial charge on any atom is -0.375 e. The van der Waals surface area contributed by atoms with Crippen LogP contribution in [0.15, 0.2) is 30.3 Å². The van der Waals surface area contributed by atoms with Crippen LogP contribution in [0.2, 0.25) is 0 Å². The number of anilines is 1. The molecular formula is C25H32N4O3. The zero-order chi connectivity index (χ0) is 22.5. The Labute approximate surface area is 189 Å². The van der Waals surface area contributed by atoms with Crippen LogP contribution in [0.3, 0.4) is 0 Å². The molecular weight excluding hydrogens is 404 g/mol. The fourth-order valence-electron chi connectivity index (χ4n) is 4.73. The smallest absolute Gasteiger partial charge is 0.248 e. The number of methoxy groups -OCH3 is 1. The molecule has 0 aliphatic carbocycles. The second kappa shape index (κ2) is 10.2. The summed E-state index contributed by atoms with van der Waals surface area (Å²) in [5.74, 6) is 1.74. The van der Waals surface area contributed by atoms with Crippen molar-refractivity contribution in [3.8, 4) is 0 Å². The maximum absolute atomic E-state index is 12.8. The Morgan fingerprint density at radius 1 is 1.19 bits per heavy atom. The molecule has 2 aliphatic rings. The monoisotopic (exact) mass is 436 g/mol. The number of fused-ring (bicyclic) bond motifs is 1. The molecule has 7 nitrogen and oxygen atoms in total. The third-order valence-electron chi connectivity index (χ3n) is 6.45. The van der Waals surface area contributed by atoms with E-state index in [0.717, 1.165) is 55.1 Å². The summed E-state index contributed by atoms with van der Waals surface area (Å²) in [5, 5.41) is 0. The molecule has 0 N–H and O–H groups in total. The lowest BCUT2D eigenvalue weighted by Gasteiger charge is -2.34. The lowest BCUT2D eigenvalue weighted by Crippen LogP contribution is -2.42. The SMILES string of the molecule is COCC(=O)N1CCC[C@H](c2nc(C)c3c(n2)N(CCCc2ccccc2)C(=O)CC3)C1. The molecule has 1 saturated heterocycles. The summed E-state index contributed by atoms with van der Waals surface area (Å²) in [5.41, 5.74) is 3.31. The van der Waals surface area contributed by atoms with Gasteiger partial charge in [-0.1, -0.05) is 30.3 Å². The highest BCUT2D eigenvalue weighted by atomic mass is 16.5. The van der Waals surface area contributed by atoms with Crippen molar-refractivity contribution in [1.29, 1.82) is 0 Å². The molecule has 0 unspecified atom stereocenters. The third kappa shape index (κ3) is 4.99. The van der Waals surface area contributed by atoms with Crippen molar-refractivity contribution in [2.24, 2.45) is 0 Å². The summed E-state index contributed by atoms with van der Waals surface area (Å²) in [6.45, 7) is 4.11.